The third-order valence-electron chi connectivity index (χ3n) is 3.68. The first kappa shape index (κ1) is 15.0. The molecule has 0 fully saturated rings. The minimum atomic E-state index is -0.593. The number of hydrogen-bond acceptors (Lipinski definition) is 3. The summed E-state index contributed by atoms with van der Waals surface area (Å²) in [5.74, 6) is -0.777. The van der Waals surface area contributed by atoms with Crippen molar-refractivity contribution in [2.45, 2.75) is 13.0 Å². The van der Waals surface area contributed by atoms with Crippen molar-refractivity contribution in [1.29, 1.82) is 0 Å². The predicted octanol–water partition coefficient (Wildman–Crippen LogP) is 2.82. The van der Waals surface area contributed by atoms with Crippen LogP contribution in [0.15, 0.2) is 42.5 Å². The molecular formula is C17H15FN2O3. The van der Waals surface area contributed by atoms with E-state index in [1.165, 1.54) is 23.1 Å². The van der Waals surface area contributed by atoms with Crippen molar-refractivity contribution in [3.63, 3.8) is 0 Å². The maximum Gasteiger partial charge on any atom is 0.267 e. The van der Waals surface area contributed by atoms with E-state index in [1.54, 1.807) is 38.2 Å². The van der Waals surface area contributed by atoms with E-state index in [-0.39, 0.29) is 11.5 Å². The maximum atomic E-state index is 13.6. The third-order valence-corrected chi connectivity index (χ3v) is 3.68. The number of hydrogen-bond donors (Lipinski definition) is 1. The van der Waals surface area contributed by atoms with Crippen LogP contribution in [0.25, 0.3) is 0 Å². The first-order valence-corrected chi connectivity index (χ1v) is 7.11. The van der Waals surface area contributed by atoms with Gasteiger partial charge in [0.15, 0.2) is 6.10 Å². The zero-order valence-corrected chi connectivity index (χ0v) is 12.7. The average molecular weight is 314 g/mol. The van der Waals surface area contributed by atoms with Crippen molar-refractivity contribution in [3.05, 3.63) is 53.8 Å². The van der Waals surface area contributed by atoms with Crippen molar-refractivity contribution < 1.29 is 18.7 Å². The van der Waals surface area contributed by atoms with Gasteiger partial charge in [-0.15, -0.1) is 0 Å². The highest BCUT2D eigenvalue weighted by molar-refractivity contribution is 6.05. The number of fused-ring (bicyclic) bond motifs is 1. The van der Waals surface area contributed by atoms with Crippen LogP contribution in [0.2, 0.25) is 0 Å². The summed E-state index contributed by atoms with van der Waals surface area (Å²) in [6, 6.07) is 10.7. The van der Waals surface area contributed by atoms with Gasteiger partial charge in [-0.25, -0.2) is 4.39 Å². The molecule has 2 aromatic rings. The first-order chi connectivity index (χ1) is 11.0. The Labute approximate surface area is 132 Å². The Balaban J connectivity index is 1.86. The molecule has 0 saturated heterocycles. The van der Waals surface area contributed by atoms with Gasteiger partial charge in [0.1, 0.15) is 11.6 Å². The lowest BCUT2D eigenvalue weighted by molar-refractivity contribution is -0.125. The number of carbonyl (C=O) groups excluding carboxylic acids is 2. The highest BCUT2D eigenvalue weighted by atomic mass is 19.1. The molecule has 2 amide bonds. The Hall–Kier alpha value is -2.89. The van der Waals surface area contributed by atoms with Crippen LogP contribution >= 0.6 is 0 Å². The van der Waals surface area contributed by atoms with E-state index in [0.717, 1.165) is 0 Å². The summed E-state index contributed by atoms with van der Waals surface area (Å²) in [5, 5.41) is 2.63. The summed E-state index contributed by atoms with van der Waals surface area (Å²) >= 11 is 0. The summed E-state index contributed by atoms with van der Waals surface area (Å²) in [6.45, 7) is 1.66. The summed E-state index contributed by atoms with van der Waals surface area (Å²) in [7, 11) is 1.66. The van der Waals surface area contributed by atoms with Crippen molar-refractivity contribution >= 4 is 23.2 Å². The lowest BCUT2D eigenvalue weighted by Gasteiger charge is -2.30. The van der Waals surface area contributed by atoms with Crippen molar-refractivity contribution in [3.8, 4) is 5.75 Å². The van der Waals surface area contributed by atoms with Gasteiger partial charge in [-0.2, -0.15) is 0 Å². The van der Waals surface area contributed by atoms with Gasteiger partial charge in [0, 0.05) is 18.8 Å². The minimum absolute atomic E-state index is 0.0354. The molecule has 1 unspecified atom stereocenters. The fourth-order valence-corrected chi connectivity index (χ4v) is 2.44. The largest absolute Gasteiger partial charge is 0.479 e. The fourth-order valence-electron chi connectivity index (χ4n) is 2.44. The molecule has 0 aliphatic carbocycles. The Morgan fingerprint density at radius 2 is 2.00 bits per heavy atom. The van der Waals surface area contributed by atoms with Crippen molar-refractivity contribution in [1.82, 2.24) is 0 Å². The molecule has 5 nitrogen and oxygen atoms in total. The summed E-state index contributed by atoms with van der Waals surface area (Å²) in [6.07, 6.45) is -0.593. The van der Waals surface area contributed by atoms with Crippen LogP contribution in [0.1, 0.15) is 17.3 Å². The molecular weight excluding hydrogens is 299 g/mol. The van der Waals surface area contributed by atoms with Crippen LogP contribution in [0, 0.1) is 5.82 Å². The van der Waals surface area contributed by atoms with Gasteiger partial charge in [0.25, 0.3) is 11.8 Å². The summed E-state index contributed by atoms with van der Waals surface area (Å²) in [5.41, 5.74) is 1.05. The fraction of sp³-hybridized carbons (Fsp3) is 0.176. The molecule has 0 bridgehead atoms. The van der Waals surface area contributed by atoms with Gasteiger partial charge in [-0.1, -0.05) is 12.1 Å². The molecule has 0 saturated carbocycles. The molecule has 0 radical (unpaired) electrons. The van der Waals surface area contributed by atoms with Gasteiger partial charge in [0.2, 0.25) is 0 Å². The molecule has 0 spiro atoms. The lowest BCUT2D eigenvalue weighted by Crippen LogP contribution is -2.41. The second-order valence-electron chi connectivity index (χ2n) is 5.27. The molecule has 1 aliphatic heterocycles. The smallest absolute Gasteiger partial charge is 0.267 e. The number of rotatable bonds is 2. The van der Waals surface area contributed by atoms with E-state index < -0.39 is 17.8 Å². The second kappa shape index (κ2) is 5.72. The van der Waals surface area contributed by atoms with E-state index in [1.807, 2.05) is 0 Å². The van der Waals surface area contributed by atoms with Crippen LogP contribution in [0.3, 0.4) is 0 Å². The van der Waals surface area contributed by atoms with Crippen LogP contribution in [0.5, 0.6) is 5.75 Å². The quantitative estimate of drug-likeness (QED) is 0.927. The normalized spacial score (nSPS) is 16.6. The number of benzene rings is 2. The number of ether oxygens (including phenoxy) is 1. The summed E-state index contributed by atoms with van der Waals surface area (Å²) < 4.78 is 19.2. The number of halogens is 1. The van der Waals surface area contributed by atoms with Crippen molar-refractivity contribution in [2.75, 3.05) is 17.3 Å². The van der Waals surface area contributed by atoms with Crippen LogP contribution < -0.4 is 15.0 Å². The van der Waals surface area contributed by atoms with Gasteiger partial charge in [0.05, 0.1) is 11.3 Å². The molecule has 1 N–H and O–H groups in total. The SMILES string of the molecule is CC1Oc2cc(NC(=O)c3ccccc3F)ccc2N(C)C1=O. The Kier molecular flexibility index (Phi) is 3.73. The van der Waals surface area contributed by atoms with E-state index in [2.05, 4.69) is 5.32 Å². The monoisotopic (exact) mass is 314 g/mol. The predicted molar refractivity (Wildman–Crippen MR) is 84.3 cm³/mol. The topological polar surface area (TPSA) is 58.6 Å². The Bertz CT molecular complexity index is 791. The molecule has 1 atom stereocenters. The molecule has 2 aromatic carbocycles. The Morgan fingerprint density at radius 3 is 2.74 bits per heavy atom. The maximum absolute atomic E-state index is 13.6. The highest BCUT2D eigenvalue weighted by Crippen LogP contribution is 2.35. The van der Waals surface area contributed by atoms with Crippen molar-refractivity contribution in [2.24, 2.45) is 0 Å². The Morgan fingerprint density at radius 1 is 1.26 bits per heavy atom. The van der Waals surface area contributed by atoms with Crippen LogP contribution in [-0.2, 0) is 4.79 Å². The molecule has 6 heteroatoms. The van der Waals surface area contributed by atoms with Gasteiger partial charge in [-0.05, 0) is 31.2 Å². The molecule has 1 aliphatic rings. The number of amides is 2. The van der Waals surface area contributed by atoms with E-state index in [9.17, 15) is 14.0 Å². The first-order valence-electron chi connectivity index (χ1n) is 7.11. The van der Waals surface area contributed by atoms with Gasteiger partial charge in [-0.3, -0.25) is 9.59 Å². The number of likely N-dealkylation sites (N-methyl/N-ethyl adjacent to an activating group) is 1. The summed E-state index contributed by atoms with van der Waals surface area (Å²) in [4.78, 5) is 25.5. The van der Waals surface area contributed by atoms with E-state index >= 15 is 0 Å². The number of nitrogens with one attached hydrogen (secondary N) is 1. The molecule has 23 heavy (non-hydrogen) atoms. The van der Waals surface area contributed by atoms with Gasteiger partial charge < -0.3 is 15.0 Å². The lowest BCUT2D eigenvalue weighted by atomic mass is 10.1. The number of nitrogens with zero attached hydrogens (tertiary/aromatic N) is 1. The van der Waals surface area contributed by atoms with Gasteiger partial charge >= 0.3 is 0 Å². The van der Waals surface area contributed by atoms with Crippen LogP contribution in [-0.4, -0.2) is 25.0 Å². The standard InChI is InChI=1S/C17H15FN2O3/c1-10-17(22)20(2)14-8-7-11(9-15(14)23-10)19-16(21)12-5-3-4-6-13(12)18/h3-10H,1-2H3,(H,19,21). The average Bonchev–Trinajstić information content (AvgIpc) is 2.53. The zero-order chi connectivity index (χ0) is 16.6. The molecule has 0 aromatic heterocycles. The zero-order valence-electron chi connectivity index (χ0n) is 12.7. The number of carbonyl (C=O) groups is 2. The minimum Gasteiger partial charge on any atom is -0.479 e. The third kappa shape index (κ3) is 2.75. The highest BCUT2D eigenvalue weighted by Gasteiger charge is 2.29. The molecule has 118 valence electrons. The molecule has 1 heterocycles. The molecule has 3 rings (SSSR count). The number of anilines is 2. The van der Waals surface area contributed by atoms with Crippen LogP contribution in [0.4, 0.5) is 15.8 Å². The second-order valence-corrected chi connectivity index (χ2v) is 5.27. The van der Waals surface area contributed by atoms with E-state index in [4.69, 9.17) is 4.74 Å². The van der Waals surface area contributed by atoms with E-state index in [0.29, 0.717) is 17.1 Å².